The summed E-state index contributed by atoms with van der Waals surface area (Å²) in [5, 5.41) is 0. The second kappa shape index (κ2) is 7.16. The third-order valence-electron chi connectivity index (χ3n) is 4.64. The van der Waals surface area contributed by atoms with Gasteiger partial charge in [-0.2, -0.15) is 0 Å². The standard InChI is InChI=1S/C20H26N2O/c1-3-15-9-10-19-18(11-15)20(21)17(14-23-19)13-22(2)12-16-7-5-4-6-8-16/h4-11,17,20H,3,12-14,21H2,1-2H3. The number of aryl methyl sites for hydroxylation is 1. The summed E-state index contributed by atoms with van der Waals surface area (Å²) in [6.07, 6.45) is 1.03. The highest BCUT2D eigenvalue weighted by molar-refractivity contribution is 5.41. The topological polar surface area (TPSA) is 38.5 Å². The van der Waals surface area contributed by atoms with Crippen molar-refractivity contribution in [3.8, 4) is 5.75 Å². The van der Waals surface area contributed by atoms with Crippen LogP contribution in [0.25, 0.3) is 0 Å². The van der Waals surface area contributed by atoms with E-state index in [1.165, 1.54) is 11.1 Å². The van der Waals surface area contributed by atoms with Gasteiger partial charge in [0, 0.05) is 30.6 Å². The first-order valence-corrected chi connectivity index (χ1v) is 8.41. The van der Waals surface area contributed by atoms with Crippen molar-refractivity contribution in [3.05, 3.63) is 65.2 Å². The van der Waals surface area contributed by atoms with Crippen LogP contribution in [0.4, 0.5) is 0 Å². The lowest BCUT2D eigenvalue weighted by molar-refractivity contribution is 0.149. The second-order valence-corrected chi connectivity index (χ2v) is 6.50. The maximum Gasteiger partial charge on any atom is 0.124 e. The molecule has 0 bridgehead atoms. The van der Waals surface area contributed by atoms with E-state index < -0.39 is 0 Å². The predicted molar refractivity (Wildman–Crippen MR) is 94.5 cm³/mol. The van der Waals surface area contributed by atoms with Crippen LogP contribution in [0.2, 0.25) is 0 Å². The Hall–Kier alpha value is -1.84. The Labute approximate surface area is 139 Å². The molecule has 1 heterocycles. The first kappa shape index (κ1) is 16.0. The van der Waals surface area contributed by atoms with Crippen molar-refractivity contribution < 1.29 is 4.74 Å². The fraction of sp³-hybridized carbons (Fsp3) is 0.400. The Kier molecular flexibility index (Phi) is 4.99. The normalized spacial score (nSPS) is 20.2. The summed E-state index contributed by atoms with van der Waals surface area (Å²) in [6.45, 7) is 4.73. The molecule has 0 aliphatic carbocycles. The smallest absolute Gasteiger partial charge is 0.124 e. The van der Waals surface area contributed by atoms with Crippen LogP contribution in [0.5, 0.6) is 5.75 Å². The molecule has 0 spiro atoms. The number of rotatable bonds is 5. The van der Waals surface area contributed by atoms with E-state index in [1.807, 2.05) is 0 Å². The minimum Gasteiger partial charge on any atom is -0.493 e. The lowest BCUT2D eigenvalue weighted by Crippen LogP contribution is -2.38. The Morgan fingerprint density at radius 1 is 1.13 bits per heavy atom. The zero-order valence-electron chi connectivity index (χ0n) is 14.0. The van der Waals surface area contributed by atoms with Crippen molar-refractivity contribution in [2.45, 2.75) is 25.9 Å². The van der Waals surface area contributed by atoms with Crippen LogP contribution in [0.3, 0.4) is 0 Å². The Bertz CT molecular complexity index is 641. The highest BCUT2D eigenvalue weighted by Crippen LogP contribution is 2.35. The first-order valence-electron chi connectivity index (χ1n) is 8.41. The molecule has 2 atom stereocenters. The summed E-state index contributed by atoms with van der Waals surface area (Å²) < 4.78 is 5.95. The van der Waals surface area contributed by atoms with E-state index in [9.17, 15) is 0 Å². The molecule has 23 heavy (non-hydrogen) atoms. The largest absolute Gasteiger partial charge is 0.493 e. The average Bonchev–Trinajstić information content (AvgIpc) is 2.58. The fourth-order valence-electron chi connectivity index (χ4n) is 3.29. The molecule has 3 rings (SSSR count). The molecule has 0 saturated carbocycles. The summed E-state index contributed by atoms with van der Waals surface area (Å²) in [5.74, 6) is 1.28. The van der Waals surface area contributed by atoms with Crippen molar-refractivity contribution in [2.75, 3.05) is 20.2 Å². The van der Waals surface area contributed by atoms with E-state index in [0.29, 0.717) is 12.5 Å². The van der Waals surface area contributed by atoms with Gasteiger partial charge in [0.25, 0.3) is 0 Å². The number of hydrogen-bond donors (Lipinski definition) is 1. The van der Waals surface area contributed by atoms with Gasteiger partial charge in [0.05, 0.1) is 6.61 Å². The fourth-order valence-corrected chi connectivity index (χ4v) is 3.29. The molecule has 0 radical (unpaired) electrons. The summed E-state index contributed by atoms with van der Waals surface area (Å²) in [5.41, 5.74) is 10.4. The molecular weight excluding hydrogens is 284 g/mol. The molecule has 1 aliphatic rings. The molecule has 0 fully saturated rings. The number of ether oxygens (including phenoxy) is 1. The second-order valence-electron chi connectivity index (χ2n) is 6.50. The van der Waals surface area contributed by atoms with E-state index >= 15 is 0 Å². The van der Waals surface area contributed by atoms with Gasteiger partial charge in [0.1, 0.15) is 5.75 Å². The molecule has 2 N–H and O–H groups in total. The molecule has 122 valence electrons. The van der Waals surface area contributed by atoms with Crippen molar-refractivity contribution >= 4 is 0 Å². The minimum atomic E-state index is 0.0449. The molecule has 2 aromatic carbocycles. The van der Waals surface area contributed by atoms with Gasteiger partial charge in [-0.15, -0.1) is 0 Å². The Morgan fingerprint density at radius 3 is 2.65 bits per heavy atom. The number of fused-ring (bicyclic) bond motifs is 1. The van der Waals surface area contributed by atoms with E-state index in [0.717, 1.165) is 30.8 Å². The van der Waals surface area contributed by atoms with E-state index in [4.69, 9.17) is 10.5 Å². The lowest BCUT2D eigenvalue weighted by atomic mass is 9.89. The van der Waals surface area contributed by atoms with Gasteiger partial charge in [0.15, 0.2) is 0 Å². The number of nitrogens with zero attached hydrogens (tertiary/aromatic N) is 1. The van der Waals surface area contributed by atoms with E-state index in [1.54, 1.807) is 0 Å². The van der Waals surface area contributed by atoms with Gasteiger partial charge < -0.3 is 15.4 Å². The lowest BCUT2D eigenvalue weighted by Gasteiger charge is -2.34. The predicted octanol–water partition coefficient (Wildman–Crippen LogP) is 3.39. The SMILES string of the molecule is CCc1ccc2c(c1)C(N)C(CN(C)Cc1ccccc1)CO2. The van der Waals surface area contributed by atoms with Crippen molar-refractivity contribution in [1.29, 1.82) is 0 Å². The van der Waals surface area contributed by atoms with Gasteiger partial charge in [-0.05, 0) is 30.7 Å². The molecule has 0 aromatic heterocycles. The highest BCUT2D eigenvalue weighted by atomic mass is 16.5. The van der Waals surface area contributed by atoms with Crippen molar-refractivity contribution in [1.82, 2.24) is 4.90 Å². The van der Waals surface area contributed by atoms with Crippen LogP contribution in [-0.4, -0.2) is 25.1 Å². The van der Waals surface area contributed by atoms with Gasteiger partial charge in [-0.25, -0.2) is 0 Å². The Morgan fingerprint density at radius 2 is 1.91 bits per heavy atom. The molecule has 2 unspecified atom stereocenters. The molecule has 2 aromatic rings. The van der Waals surface area contributed by atoms with E-state index in [2.05, 4.69) is 67.4 Å². The number of benzene rings is 2. The summed E-state index contributed by atoms with van der Waals surface area (Å²) in [6, 6.07) is 17.0. The van der Waals surface area contributed by atoms with Crippen molar-refractivity contribution in [3.63, 3.8) is 0 Å². The highest BCUT2D eigenvalue weighted by Gasteiger charge is 2.29. The maximum absolute atomic E-state index is 6.55. The van der Waals surface area contributed by atoms with Crippen LogP contribution in [0.15, 0.2) is 48.5 Å². The molecular formula is C20H26N2O. The zero-order valence-corrected chi connectivity index (χ0v) is 14.0. The summed E-state index contributed by atoms with van der Waals surface area (Å²) in [4.78, 5) is 2.33. The van der Waals surface area contributed by atoms with Gasteiger partial charge >= 0.3 is 0 Å². The quantitative estimate of drug-likeness (QED) is 0.920. The molecule has 3 nitrogen and oxygen atoms in total. The minimum absolute atomic E-state index is 0.0449. The van der Waals surface area contributed by atoms with Gasteiger partial charge in [-0.3, -0.25) is 0 Å². The Balaban J connectivity index is 1.67. The third kappa shape index (κ3) is 3.74. The molecule has 0 amide bonds. The summed E-state index contributed by atoms with van der Waals surface area (Å²) >= 11 is 0. The van der Waals surface area contributed by atoms with Crippen LogP contribution in [-0.2, 0) is 13.0 Å². The van der Waals surface area contributed by atoms with Crippen LogP contribution in [0.1, 0.15) is 29.7 Å². The molecule has 1 aliphatic heterocycles. The van der Waals surface area contributed by atoms with Gasteiger partial charge in [-0.1, -0.05) is 49.4 Å². The monoisotopic (exact) mass is 310 g/mol. The van der Waals surface area contributed by atoms with Crippen LogP contribution in [0, 0.1) is 5.92 Å². The zero-order chi connectivity index (χ0) is 16.2. The van der Waals surface area contributed by atoms with Crippen molar-refractivity contribution in [2.24, 2.45) is 11.7 Å². The van der Waals surface area contributed by atoms with E-state index in [-0.39, 0.29) is 6.04 Å². The van der Waals surface area contributed by atoms with Gasteiger partial charge in [0.2, 0.25) is 0 Å². The number of nitrogens with two attached hydrogens (primary N) is 1. The van der Waals surface area contributed by atoms with Crippen LogP contribution < -0.4 is 10.5 Å². The van der Waals surface area contributed by atoms with Crippen LogP contribution >= 0.6 is 0 Å². The molecule has 3 heteroatoms. The molecule has 0 saturated heterocycles. The summed E-state index contributed by atoms with van der Waals surface area (Å²) in [7, 11) is 2.15. The maximum atomic E-state index is 6.55. The third-order valence-corrected chi connectivity index (χ3v) is 4.64. The number of hydrogen-bond acceptors (Lipinski definition) is 3. The first-order chi connectivity index (χ1) is 11.2. The average molecular weight is 310 g/mol.